The third-order valence-corrected chi connectivity index (χ3v) is 3.26. The molecule has 2 aromatic heterocycles. The first-order chi connectivity index (χ1) is 9.34. The molecule has 0 aromatic carbocycles. The van der Waals surface area contributed by atoms with E-state index in [0.29, 0.717) is 0 Å². The Labute approximate surface area is 112 Å². The van der Waals surface area contributed by atoms with Gasteiger partial charge in [-0.2, -0.15) is 18.3 Å². The maximum absolute atomic E-state index is 13.3. The summed E-state index contributed by atoms with van der Waals surface area (Å²) in [6.45, 7) is 4.75. The standard InChI is InChI=1S/C10H8F4N4.C2H6/c1-9(10(12,13)14)4-16-6-3-15-8-5(11)2-17-18(8)7(6)9;1-2/h2-3,16H,4H2,1H3;1-2H3. The molecule has 0 radical (unpaired) electrons. The Hall–Kier alpha value is -1.86. The average Bonchev–Trinajstić information content (AvgIpc) is 2.94. The predicted molar refractivity (Wildman–Crippen MR) is 66.2 cm³/mol. The van der Waals surface area contributed by atoms with E-state index in [1.54, 1.807) is 0 Å². The second kappa shape index (κ2) is 4.60. The number of hydrogen-bond donors (Lipinski definition) is 1. The molecule has 1 N–H and O–H groups in total. The highest BCUT2D eigenvalue weighted by atomic mass is 19.4. The SMILES string of the molecule is CC.CC1(C(F)(F)F)CNc2cnc3c(F)cnn3c21. The van der Waals surface area contributed by atoms with E-state index in [0.717, 1.165) is 17.6 Å². The number of fused-ring (bicyclic) bond motifs is 3. The van der Waals surface area contributed by atoms with Gasteiger partial charge in [0.25, 0.3) is 0 Å². The summed E-state index contributed by atoms with van der Waals surface area (Å²) in [6, 6.07) is 0. The Morgan fingerprint density at radius 1 is 1.30 bits per heavy atom. The lowest BCUT2D eigenvalue weighted by Gasteiger charge is -2.27. The molecule has 4 nitrogen and oxygen atoms in total. The van der Waals surface area contributed by atoms with E-state index in [9.17, 15) is 17.6 Å². The molecule has 1 atom stereocenters. The van der Waals surface area contributed by atoms with Crippen molar-refractivity contribution in [3.8, 4) is 0 Å². The molecule has 2 aromatic rings. The van der Waals surface area contributed by atoms with Crippen molar-refractivity contribution in [1.82, 2.24) is 14.6 Å². The van der Waals surface area contributed by atoms with Crippen LogP contribution in [0.25, 0.3) is 5.65 Å². The zero-order valence-corrected chi connectivity index (χ0v) is 11.2. The van der Waals surface area contributed by atoms with E-state index >= 15 is 0 Å². The van der Waals surface area contributed by atoms with Crippen molar-refractivity contribution in [1.29, 1.82) is 0 Å². The van der Waals surface area contributed by atoms with E-state index in [4.69, 9.17) is 0 Å². The van der Waals surface area contributed by atoms with Gasteiger partial charge in [-0.15, -0.1) is 0 Å². The summed E-state index contributed by atoms with van der Waals surface area (Å²) in [5.41, 5.74) is -2.19. The quantitative estimate of drug-likeness (QED) is 0.758. The van der Waals surface area contributed by atoms with E-state index in [1.165, 1.54) is 6.20 Å². The molecule has 1 aliphatic heterocycles. The van der Waals surface area contributed by atoms with Gasteiger partial charge in [0.2, 0.25) is 0 Å². The molecule has 0 spiro atoms. The maximum Gasteiger partial charge on any atom is 0.401 e. The Kier molecular flexibility index (Phi) is 3.35. The number of halogens is 4. The van der Waals surface area contributed by atoms with Crippen LogP contribution < -0.4 is 5.32 Å². The minimum absolute atomic E-state index is 0.107. The predicted octanol–water partition coefficient (Wildman–Crippen LogP) is 3.14. The largest absolute Gasteiger partial charge is 0.401 e. The molecule has 0 fully saturated rings. The Morgan fingerprint density at radius 2 is 1.95 bits per heavy atom. The molecule has 0 bridgehead atoms. The fourth-order valence-electron chi connectivity index (χ4n) is 2.15. The van der Waals surface area contributed by atoms with Crippen LogP contribution in [-0.2, 0) is 5.41 Å². The van der Waals surface area contributed by atoms with Crippen molar-refractivity contribution in [2.75, 3.05) is 11.9 Å². The molecular weight excluding hydrogens is 276 g/mol. The van der Waals surface area contributed by atoms with Crippen LogP contribution in [0.4, 0.5) is 23.2 Å². The lowest BCUT2D eigenvalue weighted by Crippen LogP contribution is -2.42. The molecule has 0 saturated heterocycles. The van der Waals surface area contributed by atoms with Gasteiger partial charge in [-0.25, -0.2) is 13.9 Å². The summed E-state index contributed by atoms with van der Waals surface area (Å²) < 4.78 is 53.7. The van der Waals surface area contributed by atoms with Gasteiger partial charge >= 0.3 is 6.18 Å². The third-order valence-electron chi connectivity index (χ3n) is 3.26. The second-order valence-corrected chi connectivity index (χ2v) is 4.43. The Morgan fingerprint density at radius 3 is 2.55 bits per heavy atom. The number of nitrogens with one attached hydrogen (secondary N) is 1. The van der Waals surface area contributed by atoms with Gasteiger partial charge in [-0.05, 0) is 6.92 Å². The monoisotopic (exact) mass is 290 g/mol. The van der Waals surface area contributed by atoms with Gasteiger partial charge in [-0.3, -0.25) is 0 Å². The van der Waals surface area contributed by atoms with Crippen molar-refractivity contribution >= 4 is 11.3 Å². The summed E-state index contributed by atoms with van der Waals surface area (Å²) in [6.07, 6.45) is -2.40. The molecule has 0 saturated carbocycles. The lowest BCUT2D eigenvalue weighted by atomic mass is 9.88. The molecule has 1 aliphatic rings. The van der Waals surface area contributed by atoms with Crippen LogP contribution in [-0.4, -0.2) is 27.3 Å². The maximum atomic E-state index is 13.3. The first-order valence-electron chi connectivity index (χ1n) is 6.18. The zero-order chi connectivity index (χ0) is 15.1. The van der Waals surface area contributed by atoms with E-state index < -0.39 is 17.4 Å². The van der Waals surface area contributed by atoms with Crippen LogP contribution in [0.1, 0.15) is 26.5 Å². The van der Waals surface area contributed by atoms with Crippen molar-refractivity contribution in [2.24, 2.45) is 0 Å². The van der Waals surface area contributed by atoms with Gasteiger partial charge in [0.05, 0.1) is 23.8 Å². The van der Waals surface area contributed by atoms with E-state index in [2.05, 4.69) is 15.4 Å². The van der Waals surface area contributed by atoms with Crippen molar-refractivity contribution in [2.45, 2.75) is 32.4 Å². The normalized spacial score (nSPS) is 21.1. The molecule has 8 heteroatoms. The van der Waals surface area contributed by atoms with Gasteiger partial charge in [-0.1, -0.05) is 13.8 Å². The number of rotatable bonds is 0. The number of aromatic nitrogens is 3. The summed E-state index contributed by atoms with van der Waals surface area (Å²) in [4.78, 5) is 3.76. The van der Waals surface area contributed by atoms with Crippen LogP contribution in [0.3, 0.4) is 0 Å². The van der Waals surface area contributed by atoms with Crippen molar-refractivity contribution < 1.29 is 17.6 Å². The Balaban J connectivity index is 0.000000704. The van der Waals surface area contributed by atoms with Crippen molar-refractivity contribution in [3.63, 3.8) is 0 Å². The van der Waals surface area contributed by atoms with Crippen LogP contribution >= 0.6 is 0 Å². The lowest BCUT2D eigenvalue weighted by molar-refractivity contribution is -0.181. The fraction of sp³-hybridized carbons (Fsp3) is 0.500. The minimum Gasteiger partial charge on any atom is -0.381 e. The first-order valence-corrected chi connectivity index (χ1v) is 6.18. The summed E-state index contributed by atoms with van der Waals surface area (Å²) in [5, 5.41) is 6.27. The highest BCUT2D eigenvalue weighted by Crippen LogP contribution is 2.47. The number of alkyl halides is 3. The molecule has 0 aliphatic carbocycles. The van der Waals surface area contributed by atoms with E-state index in [-0.39, 0.29) is 23.6 Å². The van der Waals surface area contributed by atoms with Crippen molar-refractivity contribution in [3.05, 3.63) is 23.9 Å². The minimum atomic E-state index is -4.46. The average molecular weight is 290 g/mol. The zero-order valence-electron chi connectivity index (χ0n) is 11.2. The van der Waals surface area contributed by atoms with Crippen LogP contribution in [0, 0.1) is 5.82 Å². The van der Waals surface area contributed by atoms with Gasteiger partial charge < -0.3 is 5.32 Å². The summed E-state index contributed by atoms with van der Waals surface area (Å²) in [5.74, 6) is -0.741. The highest BCUT2D eigenvalue weighted by molar-refractivity contribution is 5.60. The number of anilines is 1. The van der Waals surface area contributed by atoms with Gasteiger partial charge in [0.15, 0.2) is 11.5 Å². The first kappa shape index (κ1) is 14.5. The number of hydrogen-bond acceptors (Lipinski definition) is 3. The van der Waals surface area contributed by atoms with Crippen LogP contribution in [0.5, 0.6) is 0 Å². The fourth-order valence-corrected chi connectivity index (χ4v) is 2.15. The highest BCUT2D eigenvalue weighted by Gasteiger charge is 2.57. The molecular formula is C12H14F4N4. The van der Waals surface area contributed by atoms with Gasteiger partial charge in [0.1, 0.15) is 5.41 Å². The van der Waals surface area contributed by atoms with E-state index in [1.807, 2.05) is 13.8 Å². The smallest absolute Gasteiger partial charge is 0.381 e. The number of nitrogens with zero attached hydrogens (tertiary/aromatic N) is 3. The molecule has 0 amide bonds. The molecule has 3 rings (SSSR count). The van der Waals surface area contributed by atoms with Crippen LogP contribution in [0.2, 0.25) is 0 Å². The third kappa shape index (κ3) is 1.82. The van der Waals surface area contributed by atoms with Gasteiger partial charge in [0, 0.05) is 6.54 Å². The summed E-state index contributed by atoms with van der Waals surface area (Å²) in [7, 11) is 0. The molecule has 3 heterocycles. The Bertz CT molecular complexity index is 634. The molecule has 1 unspecified atom stereocenters. The molecule has 110 valence electrons. The summed E-state index contributed by atoms with van der Waals surface area (Å²) >= 11 is 0. The molecule has 20 heavy (non-hydrogen) atoms. The topological polar surface area (TPSA) is 42.2 Å². The second-order valence-electron chi connectivity index (χ2n) is 4.43. The van der Waals surface area contributed by atoms with Crippen LogP contribution in [0.15, 0.2) is 12.4 Å².